The van der Waals surface area contributed by atoms with Crippen molar-refractivity contribution >= 4 is 11.0 Å². The van der Waals surface area contributed by atoms with Crippen molar-refractivity contribution in [3.8, 4) is 5.88 Å². The van der Waals surface area contributed by atoms with Crippen LogP contribution in [0.4, 0.5) is 0 Å². The molecule has 0 amide bonds. The quantitative estimate of drug-likeness (QED) is 0.878. The van der Waals surface area contributed by atoms with Crippen molar-refractivity contribution in [3.05, 3.63) is 30.0 Å². The van der Waals surface area contributed by atoms with Crippen LogP contribution in [0.5, 0.6) is 5.88 Å². The molecule has 0 spiro atoms. The Morgan fingerprint density at radius 3 is 2.56 bits per heavy atom. The van der Waals surface area contributed by atoms with E-state index in [4.69, 9.17) is 10.5 Å². The number of aryl methyl sites for hydroxylation is 1. The summed E-state index contributed by atoms with van der Waals surface area (Å²) >= 11 is 0. The van der Waals surface area contributed by atoms with Crippen LogP contribution >= 0.6 is 0 Å². The first-order chi connectivity index (χ1) is 8.72. The monoisotopic (exact) mass is 243 g/mol. The van der Waals surface area contributed by atoms with Crippen LogP contribution in [0.25, 0.3) is 11.0 Å². The summed E-state index contributed by atoms with van der Waals surface area (Å²) in [6, 6.07) is 8.11. The van der Waals surface area contributed by atoms with Gasteiger partial charge in [-0.25, -0.2) is 9.97 Å². The Hall–Kier alpha value is -1.68. The lowest BCUT2D eigenvalue weighted by atomic mass is 10.2. The van der Waals surface area contributed by atoms with Crippen molar-refractivity contribution in [2.24, 2.45) is 5.73 Å². The highest BCUT2D eigenvalue weighted by Gasteiger charge is 2.24. The van der Waals surface area contributed by atoms with Gasteiger partial charge < -0.3 is 10.5 Å². The first-order valence-corrected chi connectivity index (χ1v) is 6.38. The number of para-hydroxylation sites is 2. The summed E-state index contributed by atoms with van der Waals surface area (Å²) in [4.78, 5) is 9.06. The van der Waals surface area contributed by atoms with Crippen molar-refractivity contribution in [3.63, 3.8) is 0 Å². The average molecular weight is 243 g/mol. The Morgan fingerprint density at radius 1 is 1.17 bits per heavy atom. The maximum absolute atomic E-state index is 5.93. The third-order valence-corrected chi connectivity index (χ3v) is 3.40. The molecule has 3 rings (SSSR count). The topological polar surface area (TPSA) is 61.0 Å². The molecule has 0 radical (unpaired) electrons. The van der Waals surface area contributed by atoms with Crippen molar-refractivity contribution in [2.75, 3.05) is 0 Å². The van der Waals surface area contributed by atoms with Gasteiger partial charge in [-0.15, -0.1) is 0 Å². The molecule has 2 unspecified atom stereocenters. The molecule has 1 aliphatic carbocycles. The van der Waals surface area contributed by atoms with E-state index in [2.05, 4.69) is 9.97 Å². The van der Waals surface area contributed by atoms with Gasteiger partial charge in [-0.1, -0.05) is 12.1 Å². The van der Waals surface area contributed by atoms with Gasteiger partial charge in [0, 0.05) is 6.04 Å². The number of ether oxygens (including phenoxy) is 1. The van der Waals surface area contributed by atoms with Gasteiger partial charge in [0.05, 0.1) is 11.0 Å². The fourth-order valence-corrected chi connectivity index (χ4v) is 2.42. The van der Waals surface area contributed by atoms with Crippen molar-refractivity contribution in [1.82, 2.24) is 9.97 Å². The Labute approximate surface area is 106 Å². The second-order valence-electron chi connectivity index (χ2n) is 4.92. The number of hydrogen-bond donors (Lipinski definition) is 1. The first kappa shape index (κ1) is 11.4. The number of hydrogen-bond acceptors (Lipinski definition) is 4. The van der Waals surface area contributed by atoms with Crippen LogP contribution in [0.1, 0.15) is 25.0 Å². The molecule has 0 aliphatic heterocycles. The molecular weight excluding hydrogens is 226 g/mol. The molecule has 1 heterocycles. The SMILES string of the molecule is Cc1nc2ccccc2nc1OC1CCC(N)C1. The summed E-state index contributed by atoms with van der Waals surface area (Å²) in [5.41, 5.74) is 8.52. The van der Waals surface area contributed by atoms with Gasteiger partial charge in [-0.3, -0.25) is 0 Å². The molecule has 4 heteroatoms. The summed E-state index contributed by atoms with van der Waals surface area (Å²) in [6.45, 7) is 1.93. The Balaban J connectivity index is 1.89. The molecule has 2 N–H and O–H groups in total. The van der Waals surface area contributed by atoms with E-state index in [0.717, 1.165) is 36.0 Å². The highest BCUT2D eigenvalue weighted by atomic mass is 16.5. The first-order valence-electron chi connectivity index (χ1n) is 6.38. The number of aromatic nitrogens is 2. The van der Waals surface area contributed by atoms with Crippen LogP contribution < -0.4 is 10.5 Å². The van der Waals surface area contributed by atoms with Gasteiger partial charge in [-0.2, -0.15) is 0 Å². The van der Waals surface area contributed by atoms with Crippen molar-refractivity contribution in [2.45, 2.75) is 38.3 Å². The third-order valence-electron chi connectivity index (χ3n) is 3.40. The summed E-state index contributed by atoms with van der Waals surface area (Å²) < 4.78 is 5.93. The second-order valence-corrected chi connectivity index (χ2v) is 4.92. The van der Waals surface area contributed by atoms with Crippen LogP contribution in [-0.2, 0) is 0 Å². The molecule has 1 aromatic carbocycles. The molecule has 94 valence electrons. The third kappa shape index (κ3) is 2.16. The summed E-state index contributed by atoms with van der Waals surface area (Å²) in [7, 11) is 0. The molecule has 1 saturated carbocycles. The minimum absolute atomic E-state index is 0.189. The van der Waals surface area contributed by atoms with Crippen LogP contribution in [0.15, 0.2) is 24.3 Å². The molecule has 1 aliphatic rings. The van der Waals surface area contributed by atoms with Crippen LogP contribution in [0.3, 0.4) is 0 Å². The minimum atomic E-state index is 0.189. The Morgan fingerprint density at radius 2 is 1.89 bits per heavy atom. The molecule has 0 saturated heterocycles. The lowest BCUT2D eigenvalue weighted by molar-refractivity contribution is 0.198. The van der Waals surface area contributed by atoms with Crippen LogP contribution in [0.2, 0.25) is 0 Å². The largest absolute Gasteiger partial charge is 0.473 e. The molecule has 1 aromatic heterocycles. The molecule has 2 aromatic rings. The number of benzene rings is 1. The fraction of sp³-hybridized carbons (Fsp3) is 0.429. The Bertz CT molecular complexity index is 570. The zero-order chi connectivity index (χ0) is 12.5. The number of fused-ring (bicyclic) bond motifs is 1. The summed E-state index contributed by atoms with van der Waals surface area (Å²) in [5.74, 6) is 0.646. The lowest BCUT2D eigenvalue weighted by Gasteiger charge is -2.14. The van der Waals surface area contributed by atoms with Gasteiger partial charge in [0.15, 0.2) is 0 Å². The molecule has 1 fully saturated rings. The fourth-order valence-electron chi connectivity index (χ4n) is 2.42. The predicted octanol–water partition coefficient (Wildman–Crippen LogP) is 2.20. The van der Waals surface area contributed by atoms with Crippen LogP contribution in [0, 0.1) is 6.92 Å². The van der Waals surface area contributed by atoms with Gasteiger partial charge in [0.1, 0.15) is 11.8 Å². The smallest absolute Gasteiger partial charge is 0.236 e. The molecular formula is C14H17N3O. The van der Waals surface area contributed by atoms with E-state index in [1.807, 2.05) is 31.2 Å². The van der Waals surface area contributed by atoms with Crippen molar-refractivity contribution in [1.29, 1.82) is 0 Å². The maximum atomic E-state index is 5.93. The van der Waals surface area contributed by atoms with E-state index in [1.165, 1.54) is 0 Å². The standard InChI is InChI=1S/C14H17N3O/c1-9-14(18-11-7-6-10(15)8-11)17-13-5-3-2-4-12(13)16-9/h2-5,10-11H,6-8,15H2,1H3. The molecule has 4 nitrogen and oxygen atoms in total. The number of nitrogens with zero attached hydrogens (tertiary/aromatic N) is 2. The van der Waals surface area contributed by atoms with Gasteiger partial charge >= 0.3 is 0 Å². The summed E-state index contributed by atoms with van der Waals surface area (Å²) in [6.07, 6.45) is 3.14. The normalized spacial score (nSPS) is 23.4. The van der Waals surface area contributed by atoms with Gasteiger partial charge in [-0.05, 0) is 38.3 Å². The molecule has 18 heavy (non-hydrogen) atoms. The molecule has 2 atom stereocenters. The highest BCUT2D eigenvalue weighted by molar-refractivity contribution is 5.74. The van der Waals surface area contributed by atoms with E-state index < -0.39 is 0 Å². The zero-order valence-corrected chi connectivity index (χ0v) is 10.5. The van der Waals surface area contributed by atoms with Crippen LogP contribution in [-0.4, -0.2) is 22.1 Å². The average Bonchev–Trinajstić information content (AvgIpc) is 2.76. The van der Waals surface area contributed by atoms with E-state index >= 15 is 0 Å². The van der Waals surface area contributed by atoms with E-state index in [9.17, 15) is 0 Å². The maximum Gasteiger partial charge on any atom is 0.236 e. The number of nitrogens with two attached hydrogens (primary N) is 1. The van der Waals surface area contributed by atoms with Crippen molar-refractivity contribution < 1.29 is 4.74 Å². The zero-order valence-electron chi connectivity index (χ0n) is 10.5. The minimum Gasteiger partial charge on any atom is -0.473 e. The second kappa shape index (κ2) is 4.53. The van der Waals surface area contributed by atoms with E-state index in [0.29, 0.717) is 5.88 Å². The van der Waals surface area contributed by atoms with Gasteiger partial charge in [0.25, 0.3) is 0 Å². The summed E-state index contributed by atoms with van der Waals surface area (Å²) in [5, 5.41) is 0. The predicted molar refractivity (Wildman–Crippen MR) is 70.5 cm³/mol. The molecule has 0 bridgehead atoms. The van der Waals surface area contributed by atoms with E-state index in [1.54, 1.807) is 0 Å². The Kier molecular flexibility index (Phi) is 2.88. The van der Waals surface area contributed by atoms with Gasteiger partial charge in [0.2, 0.25) is 5.88 Å². The highest BCUT2D eigenvalue weighted by Crippen LogP contribution is 2.25. The number of rotatable bonds is 2. The lowest BCUT2D eigenvalue weighted by Crippen LogP contribution is -2.19. The van der Waals surface area contributed by atoms with E-state index in [-0.39, 0.29) is 12.1 Å².